The SMILES string of the molecule is CC(C)CC(NC(=O)C(CCCN=C(N)N)NC(=O)C(CC(C)C)NC(=O)C(N)CO)C(=O)O. The molecular formula is C21H41N7O6. The van der Waals surface area contributed by atoms with Crippen LogP contribution in [-0.4, -0.2) is 77.2 Å². The van der Waals surface area contributed by atoms with Crippen LogP contribution in [0.2, 0.25) is 0 Å². The van der Waals surface area contributed by atoms with Crippen molar-refractivity contribution in [3.8, 4) is 0 Å². The highest BCUT2D eigenvalue weighted by molar-refractivity contribution is 5.94. The summed E-state index contributed by atoms with van der Waals surface area (Å²) in [6, 6.07) is -4.43. The van der Waals surface area contributed by atoms with E-state index in [1.165, 1.54) is 0 Å². The van der Waals surface area contributed by atoms with Crippen molar-refractivity contribution < 1.29 is 29.4 Å². The molecule has 3 amide bonds. The molecule has 0 aliphatic rings. The average Bonchev–Trinajstić information content (AvgIpc) is 2.72. The molecule has 0 saturated carbocycles. The number of nitrogens with zero attached hydrogens (tertiary/aromatic N) is 1. The van der Waals surface area contributed by atoms with Gasteiger partial charge in [-0.2, -0.15) is 0 Å². The van der Waals surface area contributed by atoms with Gasteiger partial charge in [0, 0.05) is 6.54 Å². The maximum absolute atomic E-state index is 13.0. The normalized spacial score (nSPS) is 14.6. The first-order valence-electron chi connectivity index (χ1n) is 11.3. The fourth-order valence-electron chi connectivity index (χ4n) is 3.07. The van der Waals surface area contributed by atoms with Gasteiger partial charge in [-0.1, -0.05) is 27.7 Å². The molecule has 4 atom stereocenters. The van der Waals surface area contributed by atoms with Gasteiger partial charge in [-0.15, -0.1) is 0 Å². The smallest absolute Gasteiger partial charge is 0.326 e. The number of nitrogens with two attached hydrogens (primary N) is 3. The van der Waals surface area contributed by atoms with Crippen LogP contribution in [0.1, 0.15) is 53.4 Å². The molecule has 0 aromatic heterocycles. The van der Waals surface area contributed by atoms with Gasteiger partial charge in [0.25, 0.3) is 0 Å². The van der Waals surface area contributed by atoms with Crippen LogP contribution in [-0.2, 0) is 19.2 Å². The van der Waals surface area contributed by atoms with E-state index >= 15 is 0 Å². The first-order valence-corrected chi connectivity index (χ1v) is 11.3. The van der Waals surface area contributed by atoms with Crippen LogP contribution >= 0.6 is 0 Å². The summed E-state index contributed by atoms with van der Waals surface area (Å²) in [6.45, 7) is 6.96. The number of carboxylic acids is 1. The number of nitrogens with one attached hydrogen (secondary N) is 3. The summed E-state index contributed by atoms with van der Waals surface area (Å²) < 4.78 is 0. The molecule has 11 N–H and O–H groups in total. The van der Waals surface area contributed by atoms with E-state index in [2.05, 4.69) is 20.9 Å². The molecule has 13 nitrogen and oxygen atoms in total. The lowest BCUT2D eigenvalue weighted by molar-refractivity contribution is -0.143. The summed E-state index contributed by atoms with van der Waals surface area (Å²) in [4.78, 5) is 53.4. The first kappa shape index (κ1) is 31.1. The lowest BCUT2D eigenvalue weighted by atomic mass is 10.0. The number of guanidine groups is 1. The minimum absolute atomic E-state index is 0.0117. The third-order valence-electron chi connectivity index (χ3n) is 4.77. The zero-order valence-corrected chi connectivity index (χ0v) is 20.4. The van der Waals surface area contributed by atoms with E-state index < -0.39 is 54.5 Å². The van der Waals surface area contributed by atoms with Crippen molar-refractivity contribution in [3.63, 3.8) is 0 Å². The Bertz CT molecular complexity index is 710. The van der Waals surface area contributed by atoms with Crippen LogP contribution in [0.15, 0.2) is 4.99 Å². The van der Waals surface area contributed by atoms with Crippen molar-refractivity contribution in [1.82, 2.24) is 16.0 Å². The molecule has 196 valence electrons. The average molecular weight is 488 g/mol. The van der Waals surface area contributed by atoms with E-state index in [9.17, 15) is 24.3 Å². The summed E-state index contributed by atoms with van der Waals surface area (Å²) in [5.41, 5.74) is 16.1. The van der Waals surface area contributed by atoms with Crippen LogP contribution in [0, 0.1) is 11.8 Å². The number of carboxylic acid groups (broad SMARTS) is 1. The Hall–Kier alpha value is -2.93. The van der Waals surface area contributed by atoms with E-state index in [1.807, 2.05) is 27.7 Å². The van der Waals surface area contributed by atoms with Crippen molar-refractivity contribution in [2.45, 2.75) is 77.5 Å². The lowest BCUT2D eigenvalue weighted by Crippen LogP contribution is -2.57. The van der Waals surface area contributed by atoms with Gasteiger partial charge in [0.05, 0.1) is 6.61 Å². The van der Waals surface area contributed by atoms with E-state index in [0.717, 1.165) is 0 Å². The molecule has 0 radical (unpaired) electrons. The Balaban J connectivity index is 5.59. The third-order valence-corrected chi connectivity index (χ3v) is 4.77. The molecule has 0 spiro atoms. The van der Waals surface area contributed by atoms with Crippen molar-refractivity contribution >= 4 is 29.7 Å². The number of carbonyl (C=O) groups is 4. The molecule has 0 saturated heterocycles. The van der Waals surface area contributed by atoms with Gasteiger partial charge in [-0.25, -0.2) is 4.79 Å². The Labute approximate surface area is 200 Å². The van der Waals surface area contributed by atoms with Gasteiger partial charge in [0.15, 0.2) is 5.96 Å². The Kier molecular flexibility index (Phi) is 14.5. The zero-order valence-electron chi connectivity index (χ0n) is 20.4. The number of amides is 3. The molecule has 4 unspecified atom stereocenters. The predicted octanol–water partition coefficient (Wildman–Crippen LogP) is -2.01. The number of hydrogen-bond acceptors (Lipinski definition) is 7. The number of hydrogen-bond donors (Lipinski definition) is 8. The van der Waals surface area contributed by atoms with Crippen LogP contribution in [0.3, 0.4) is 0 Å². The van der Waals surface area contributed by atoms with E-state index in [0.29, 0.717) is 6.42 Å². The minimum atomic E-state index is -1.20. The summed E-state index contributed by atoms with van der Waals surface area (Å²) in [6.07, 6.45) is 0.916. The standard InChI is InChI=1S/C21H41N7O6/c1-11(2)8-15(27-17(30)13(22)10-29)19(32)26-14(6-5-7-25-21(23)24)18(31)28-16(20(33)34)9-12(3)4/h11-16,29H,5-10,22H2,1-4H3,(H,26,32)(H,27,30)(H,28,31)(H,33,34)(H4,23,24,25). The lowest BCUT2D eigenvalue weighted by Gasteiger charge is -2.26. The quantitative estimate of drug-likeness (QED) is 0.0681. The topological polar surface area (TPSA) is 235 Å². The van der Waals surface area contributed by atoms with Crippen LogP contribution in [0.25, 0.3) is 0 Å². The number of carbonyl (C=O) groups excluding carboxylic acids is 3. The molecule has 0 aromatic carbocycles. The Morgan fingerprint density at radius 1 is 0.824 bits per heavy atom. The molecule has 0 rings (SSSR count). The van der Waals surface area contributed by atoms with Gasteiger partial charge in [0.2, 0.25) is 17.7 Å². The highest BCUT2D eigenvalue weighted by Crippen LogP contribution is 2.09. The number of aliphatic carboxylic acids is 1. The van der Waals surface area contributed by atoms with Gasteiger partial charge in [-0.05, 0) is 37.5 Å². The molecule has 0 aliphatic carbocycles. The summed E-state index contributed by atoms with van der Waals surface area (Å²) in [5.74, 6) is -3.29. The summed E-state index contributed by atoms with van der Waals surface area (Å²) in [5, 5.41) is 26.1. The van der Waals surface area contributed by atoms with Crippen molar-refractivity contribution in [3.05, 3.63) is 0 Å². The fourth-order valence-corrected chi connectivity index (χ4v) is 3.07. The van der Waals surface area contributed by atoms with E-state index in [-0.39, 0.29) is 43.6 Å². The second-order valence-electron chi connectivity index (χ2n) is 9.02. The van der Waals surface area contributed by atoms with E-state index in [4.69, 9.17) is 22.3 Å². The summed E-state index contributed by atoms with van der Waals surface area (Å²) in [7, 11) is 0. The first-order chi connectivity index (χ1) is 15.8. The molecule has 0 heterocycles. The molecular weight excluding hydrogens is 446 g/mol. The third kappa shape index (κ3) is 12.9. The molecule has 13 heteroatoms. The molecule has 0 aromatic rings. The number of aliphatic imine (C=N–C) groups is 1. The van der Waals surface area contributed by atoms with E-state index in [1.54, 1.807) is 0 Å². The van der Waals surface area contributed by atoms with Gasteiger partial charge < -0.3 is 43.4 Å². The number of rotatable bonds is 16. The minimum Gasteiger partial charge on any atom is -0.480 e. The Morgan fingerprint density at radius 2 is 1.29 bits per heavy atom. The molecule has 0 fully saturated rings. The second-order valence-corrected chi connectivity index (χ2v) is 9.02. The number of aliphatic hydroxyl groups is 1. The predicted molar refractivity (Wildman–Crippen MR) is 127 cm³/mol. The monoisotopic (exact) mass is 487 g/mol. The fraction of sp³-hybridized carbons (Fsp3) is 0.762. The zero-order chi connectivity index (χ0) is 26.4. The molecule has 0 aliphatic heterocycles. The molecule has 34 heavy (non-hydrogen) atoms. The van der Waals surface area contributed by atoms with Gasteiger partial charge in [0.1, 0.15) is 24.2 Å². The maximum atomic E-state index is 13.0. The van der Waals surface area contributed by atoms with Gasteiger partial charge >= 0.3 is 5.97 Å². The molecule has 0 bridgehead atoms. The van der Waals surface area contributed by atoms with Crippen molar-refractivity contribution in [2.24, 2.45) is 34.0 Å². The maximum Gasteiger partial charge on any atom is 0.326 e. The number of aliphatic hydroxyl groups excluding tert-OH is 1. The van der Waals surface area contributed by atoms with Crippen molar-refractivity contribution in [2.75, 3.05) is 13.2 Å². The van der Waals surface area contributed by atoms with Crippen molar-refractivity contribution in [1.29, 1.82) is 0 Å². The highest BCUT2D eigenvalue weighted by atomic mass is 16.4. The second kappa shape index (κ2) is 15.8. The van der Waals surface area contributed by atoms with Gasteiger partial charge in [-0.3, -0.25) is 19.4 Å². The Morgan fingerprint density at radius 3 is 1.76 bits per heavy atom. The summed E-state index contributed by atoms with van der Waals surface area (Å²) >= 11 is 0. The van der Waals surface area contributed by atoms with Crippen LogP contribution < -0.4 is 33.2 Å². The largest absolute Gasteiger partial charge is 0.480 e. The highest BCUT2D eigenvalue weighted by Gasteiger charge is 2.30. The van der Waals surface area contributed by atoms with Crippen LogP contribution in [0.4, 0.5) is 0 Å². The van der Waals surface area contributed by atoms with Crippen LogP contribution in [0.5, 0.6) is 0 Å².